The van der Waals surface area contributed by atoms with E-state index in [4.69, 9.17) is 11.0 Å². The van der Waals surface area contributed by atoms with Crippen LogP contribution in [0.3, 0.4) is 0 Å². The first kappa shape index (κ1) is 14.0. The van der Waals surface area contributed by atoms with Gasteiger partial charge in [0.15, 0.2) is 0 Å². The van der Waals surface area contributed by atoms with Crippen LogP contribution < -0.4 is 5.73 Å². The quantitative estimate of drug-likeness (QED) is 0.688. The number of nitro benzene ring substituents is 1. The predicted molar refractivity (Wildman–Crippen MR) is 79.7 cm³/mol. The number of hydrogen-bond donors (Lipinski definition) is 1. The van der Waals surface area contributed by atoms with Crippen LogP contribution in [0, 0.1) is 28.4 Å². The topological polar surface area (TPSA) is 93.0 Å². The third kappa shape index (κ3) is 2.12. The number of nitrogens with zero attached hydrogens (tertiary/aromatic N) is 2. The molecule has 0 aliphatic rings. The van der Waals surface area contributed by atoms with Gasteiger partial charge in [-0.25, -0.2) is 0 Å². The Kier molecular flexibility index (Phi) is 3.72. The Balaban J connectivity index is 2.82. The van der Waals surface area contributed by atoms with Gasteiger partial charge in [-0.3, -0.25) is 10.1 Å². The highest BCUT2D eigenvalue weighted by molar-refractivity contribution is 7.17. The lowest BCUT2D eigenvalue weighted by atomic mass is 10.0. The Morgan fingerprint density at radius 2 is 2.20 bits per heavy atom. The first-order chi connectivity index (χ1) is 9.51. The Morgan fingerprint density at radius 1 is 1.50 bits per heavy atom. The molecule has 5 nitrogen and oxygen atoms in total. The van der Waals surface area contributed by atoms with E-state index in [9.17, 15) is 10.1 Å². The van der Waals surface area contributed by atoms with E-state index in [2.05, 4.69) is 6.07 Å². The third-order valence-electron chi connectivity index (χ3n) is 3.18. The Labute approximate surface area is 120 Å². The zero-order valence-corrected chi connectivity index (χ0v) is 12.0. The van der Waals surface area contributed by atoms with Crippen LogP contribution in [-0.2, 0) is 6.42 Å². The number of hydrogen-bond acceptors (Lipinski definition) is 5. The van der Waals surface area contributed by atoms with Gasteiger partial charge in [0.05, 0.1) is 16.2 Å². The van der Waals surface area contributed by atoms with Gasteiger partial charge in [-0.2, -0.15) is 5.26 Å². The summed E-state index contributed by atoms with van der Waals surface area (Å²) in [6.07, 6.45) is 0.630. The minimum Gasteiger partial charge on any atom is -0.397 e. The van der Waals surface area contributed by atoms with Crippen LogP contribution >= 0.6 is 11.3 Å². The number of nitrogen functional groups attached to an aromatic ring is 1. The number of thiophene rings is 1. The summed E-state index contributed by atoms with van der Waals surface area (Å²) in [5.74, 6) is 0. The fourth-order valence-electron chi connectivity index (χ4n) is 2.21. The van der Waals surface area contributed by atoms with Gasteiger partial charge in [0.2, 0.25) is 0 Å². The molecule has 0 saturated carbocycles. The summed E-state index contributed by atoms with van der Waals surface area (Å²) in [6.45, 7) is 3.75. The summed E-state index contributed by atoms with van der Waals surface area (Å²) in [7, 11) is 0. The average Bonchev–Trinajstić information content (AvgIpc) is 2.74. The van der Waals surface area contributed by atoms with E-state index in [0.717, 1.165) is 16.0 Å². The van der Waals surface area contributed by atoms with E-state index in [-0.39, 0.29) is 5.69 Å². The normalized spacial score (nSPS) is 10.2. The molecule has 2 N–H and O–H groups in total. The third-order valence-corrected chi connectivity index (χ3v) is 4.35. The van der Waals surface area contributed by atoms with Gasteiger partial charge in [-0.05, 0) is 24.5 Å². The molecule has 20 heavy (non-hydrogen) atoms. The molecule has 0 radical (unpaired) electrons. The highest BCUT2D eigenvalue weighted by Gasteiger charge is 2.24. The maximum absolute atomic E-state index is 11.2. The van der Waals surface area contributed by atoms with E-state index in [0.29, 0.717) is 22.5 Å². The van der Waals surface area contributed by atoms with Gasteiger partial charge in [0.25, 0.3) is 5.69 Å². The Hall–Kier alpha value is -2.39. The van der Waals surface area contributed by atoms with Crippen molar-refractivity contribution >= 4 is 22.7 Å². The summed E-state index contributed by atoms with van der Waals surface area (Å²) in [4.78, 5) is 12.0. The van der Waals surface area contributed by atoms with Crippen LogP contribution in [0.15, 0.2) is 18.2 Å². The van der Waals surface area contributed by atoms with Gasteiger partial charge in [-0.1, -0.05) is 19.1 Å². The summed E-state index contributed by atoms with van der Waals surface area (Å²) in [5, 5.41) is 20.3. The van der Waals surface area contributed by atoms with E-state index >= 15 is 0 Å². The van der Waals surface area contributed by atoms with E-state index in [1.807, 2.05) is 19.9 Å². The Bertz CT molecular complexity index is 729. The van der Waals surface area contributed by atoms with Crippen molar-refractivity contribution in [2.24, 2.45) is 0 Å². The van der Waals surface area contributed by atoms with Gasteiger partial charge in [0.1, 0.15) is 10.9 Å². The molecule has 0 aliphatic heterocycles. The fourth-order valence-corrected chi connectivity index (χ4v) is 3.44. The van der Waals surface area contributed by atoms with E-state index in [1.165, 1.54) is 17.4 Å². The highest BCUT2D eigenvalue weighted by Crippen LogP contribution is 2.43. The molecule has 0 fully saturated rings. The molecular weight excluding hydrogens is 274 g/mol. The van der Waals surface area contributed by atoms with Crippen LogP contribution in [0.25, 0.3) is 10.4 Å². The molecule has 0 aliphatic carbocycles. The van der Waals surface area contributed by atoms with Crippen LogP contribution in [0.5, 0.6) is 0 Å². The minimum atomic E-state index is -0.399. The summed E-state index contributed by atoms with van der Waals surface area (Å²) in [6, 6.07) is 7.01. The lowest BCUT2D eigenvalue weighted by Crippen LogP contribution is -1.96. The first-order valence-corrected chi connectivity index (χ1v) is 6.88. The summed E-state index contributed by atoms with van der Waals surface area (Å²) < 4.78 is 0. The maximum atomic E-state index is 11.2. The zero-order chi connectivity index (χ0) is 14.9. The molecule has 0 spiro atoms. The number of nitro groups is 1. The van der Waals surface area contributed by atoms with Crippen LogP contribution in [0.4, 0.5) is 11.4 Å². The molecule has 0 amide bonds. The summed E-state index contributed by atoms with van der Waals surface area (Å²) >= 11 is 1.22. The molecule has 102 valence electrons. The molecule has 1 aromatic heterocycles. The van der Waals surface area contributed by atoms with Gasteiger partial charge in [-0.15, -0.1) is 11.3 Å². The van der Waals surface area contributed by atoms with Gasteiger partial charge < -0.3 is 5.73 Å². The van der Waals surface area contributed by atoms with Crippen molar-refractivity contribution in [1.29, 1.82) is 5.26 Å². The lowest BCUT2D eigenvalue weighted by Gasteiger charge is -2.07. The monoisotopic (exact) mass is 287 g/mol. The van der Waals surface area contributed by atoms with E-state index < -0.39 is 4.92 Å². The minimum absolute atomic E-state index is 0.0467. The smallest absolute Gasteiger partial charge is 0.278 e. The number of benzene rings is 1. The average molecular weight is 287 g/mol. The predicted octanol–water partition coefficient (Wildman–Crippen LogP) is 3.65. The number of aryl methyl sites for hydroxylation is 1. The molecule has 2 rings (SSSR count). The van der Waals surface area contributed by atoms with Crippen LogP contribution in [0.2, 0.25) is 0 Å². The number of nitriles is 1. The second-order valence-corrected chi connectivity index (χ2v) is 5.36. The molecule has 0 atom stereocenters. The maximum Gasteiger partial charge on any atom is 0.278 e. The molecule has 2 aromatic rings. The standard InChI is InChI=1S/C14H13N3O2S/c1-3-9-13(16)11(7-15)20-14(9)12-8(2)5-4-6-10(12)17(18)19/h4-6H,3,16H2,1-2H3. The molecule has 0 saturated heterocycles. The highest BCUT2D eigenvalue weighted by atomic mass is 32.1. The molecule has 6 heteroatoms. The number of anilines is 1. The lowest BCUT2D eigenvalue weighted by molar-refractivity contribution is -0.384. The number of rotatable bonds is 3. The molecule has 0 bridgehead atoms. The first-order valence-electron chi connectivity index (χ1n) is 6.06. The van der Waals surface area contributed by atoms with Crippen molar-refractivity contribution in [3.8, 4) is 16.5 Å². The van der Waals surface area contributed by atoms with Crippen molar-refractivity contribution in [1.82, 2.24) is 0 Å². The van der Waals surface area contributed by atoms with Crippen molar-refractivity contribution < 1.29 is 4.92 Å². The second kappa shape index (κ2) is 5.31. The molecule has 1 heterocycles. The molecular formula is C14H13N3O2S. The van der Waals surface area contributed by atoms with Crippen molar-refractivity contribution in [2.45, 2.75) is 20.3 Å². The van der Waals surface area contributed by atoms with Gasteiger partial charge in [0, 0.05) is 10.9 Å². The number of nitrogens with two attached hydrogens (primary N) is 1. The SMILES string of the molecule is CCc1c(-c2c(C)cccc2[N+](=O)[O-])sc(C#N)c1N. The fraction of sp³-hybridized carbons (Fsp3) is 0.214. The van der Waals surface area contributed by atoms with E-state index in [1.54, 1.807) is 6.07 Å². The van der Waals surface area contributed by atoms with Crippen LogP contribution in [-0.4, -0.2) is 4.92 Å². The van der Waals surface area contributed by atoms with Crippen LogP contribution in [0.1, 0.15) is 22.9 Å². The largest absolute Gasteiger partial charge is 0.397 e. The zero-order valence-electron chi connectivity index (χ0n) is 11.1. The summed E-state index contributed by atoms with van der Waals surface area (Å²) in [5.41, 5.74) is 8.62. The van der Waals surface area contributed by atoms with Crippen molar-refractivity contribution in [2.75, 3.05) is 5.73 Å². The Morgan fingerprint density at radius 3 is 2.75 bits per heavy atom. The van der Waals surface area contributed by atoms with Crippen molar-refractivity contribution in [3.63, 3.8) is 0 Å². The van der Waals surface area contributed by atoms with Crippen molar-refractivity contribution in [3.05, 3.63) is 44.3 Å². The van der Waals surface area contributed by atoms with Gasteiger partial charge >= 0.3 is 0 Å². The second-order valence-electron chi connectivity index (χ2n) is 4.34. The molecule has 0 unspecified atom stereocenters. The molecule has 1 aromatic carbocycles.